The van der Waals surface area contributed by atoms with E-state index < -0.39 is 0 Å². The predicted octanol–water partition coefficient (Wildman–Crippen LogP) is 4.44. The highest BCUT2D eigenvalue weighted by atomic mass is 16.2. The summed E-state index contributed by atoms with van der Waals surface area (Å²) in [4.78, 5) is 19.3. The second kappa shape index (κ2) is 6.94. The van der Waals surface area contributed by atoms with Crippen molar-refractivity contribution in [1.82, 2.24) is 9.55 Å². The van der Waals surface area contributed by atoms with Crippen molar-refractivity contribution >= 4 is 22.6 Å². The van der Waals surface area contributed by atoms with Crippen LogP contribution < -0.4 is 4.90 Å². The van der Waals surface area contributed by atoms with Crippen LogP contribution in [0.15, 0.2) is 48.5 Å². The first kappa shape index (κ1) is 16.8. The molecule has 3 aromatic rings. The smallest absolute Gasteiger partial charge is 0.227 e. The number of fused-ring (bicyclic) bond motifs is 1. The van der Waals surface area contributed by atoms with E-state index in [0.717, 1.165) is 29.0 Å². The van der Waals surface area contributed by atoms with Crippen LogP contribution in [0.1, 0.15) is 43.5 Å². The Balaban J connectivity index is 1.55. The molecule has 2 aromatic carbocycles. The van der Waals surface area contributed by atoms with E-state index in [0.29, 0.717) is 13.0 Å². The van der Waals surface area contributed by atoms with Crippen molar-refractivity contribution in [3.63, 3.8) is 0 Å². The van der Waals surface area contributed by atoms with E-state index in [1.807, 2.05) is 30.1 Å². The lowest BCUT2D eigenvalue weighted by atomic mass is 10.1. The number of aromatic nitrogens is 2. The van der Waals surface area contributed by atoms with Crippen molar-refractivity contribution in [3.05, 3.63) is 59.9 Å². The second-order valence-electron chi connectivity index (χ2n) is 7.19. The van der Waals surface area contributed by atoms with E-state index in [-0.39, 0.29) is 11.8 Å². The molecule has 0 spiro atoms. The van der Waals surface area contributed by atoms with Crippen LogP contribution in [0.2, 0.25) is 0 Å². The molecular weight excluding hydrogens is 322 g/mol. The van der Waals surface area contributed by atoms with Crippen LogP contribution in [0.3, 0.4) is 0 Å². The molecule has 1 aliphatic rings. The Morgan fingerprint density at radius 2 is 1.88 bits per heavy atom. The van der Waals surface area contributed by atoms with Gasteiger partial charge in [-0.15, -0.1) is 0 Å². The summed E-state index contributed by atoms with van der Waals surface area (Å²) in [5.41, 5.74) is 4.45. The first-order valence-electron chi connectivity index (χ1n) is 9.48. The number of amides is 1. The molecule has 1 aromatic heterocycles. The van der Waals surface area contributed by atoms with Crippen molar-refractivity contribution in [2.24, 2.45) is 7.05 Å². The van der Waals surface area contributed by atoms with E-state index in [4.69, 9.17) is 4.98 Å². The maximum absolute atomic E-state index is 12.6. The van der Waals surface area contributed by atoms with E-state index in [1.54, 1.807) is 0 Å². The molecule has 1 saturated heterocycles. The zero-order valence-electron chi connectivity index (χ0n) is 15.5. The highest BCUT2D eigenvalue weighted by Gasteiger charge is 2.34. The summed E-state index contributed by atoms with van der Waals surface area (Å²) in [6.07, 6.45) is 4.03. The number of hydrogen-bond donors (Lipinski definition) is 0. The molecule has 1 atom stereocenters. The fourth-order valence-corrected chi connectivity index (χ4v) is 3.88. The van der Waals surface area contributed by atoms with Crippen molar-refractivity contribution in [1.29, 1.82) is 0 Å². The fraction of sp³-hybridized carbons (Fsp3) is 0.364. The Bertz CT molecular complexity index is 926. The minimum Gasteiger partial charge on any atom is -0.331 e. The number of para-hydroxylation sites is 2. The Morgan fingerprint density at radius 1 is 1.12 bits per heavy atom. The number of unbranched alkanes of at least 4 members (excludes halogenated alkanes) is 1. The summed E-state index contributed by atoms with van der Waals surface area (Å²) >= 11 is 0. The molecule has 0 bridgehead atoms. The molecule has 1 unspecified atom stereocenters. The molecule has 0 N–H and O–H groups in total. The average molecular weight is 347 g/mol. The highest BCUT2D eigenvalue weighted by molar-refractivity contribution is 5.96. The van der Waals surface area contributed by atoms with Gasteiger partial charge in [0.15, 0.2) is 0 Å². The third kappa shape index (κ3) is 3.00. The number of nitrogens with zero attached hydrogens (tertiary/aromatic N) is 3. The molecule has 0 saturated carbocycles. The Hall–Kier alpha value is -2.62. The van der Waals surface area contributed by atoms with E-state index in [9.17, 15) is 4.79 Å². The van der Waals surface area contributed by atoms with Crippen LogP contribution >= 0.6 is 0 Å². The molecular formula is C22H25N3O. The van der Waals surface area contributed by atoms with Crippen molar-refractivity contribution in [2.75, 3.05) is 11.4 Å². The predicted molar refractivity (Wildman–Crippen MR) is 105 cm³/mol. The van der Waals surface area contributed by atoms with E-state index in [2.05, 4.69) is 41.8 Å². The lowest BCUT2D eigenvalue weighted by Crippen LogP contribution is -2.24. The van der Waals surface area contributed by atoms with Gasteiger partial charge in [0.25, 0.3) is 0 Å². The van der Waals surface area contributed by atoms with Gasteiger partial charge in [-0.2, -0.15) is 0 Å². The number of aryl methyl sites for hydroxylation is 2. The van der Waals surface area contributed by atoms with Gasteiger partial charge in [0.2, 0.25) is 5.91 Å². The Morgan fingerprint density at radius 3 is 2.62 bits per heavy atom. The fourth-order valence-electron chi connectivity index (χ4n) is 3.88. The SMILES string of the molecule is CCCCc1ccc(N2CC(c3nc4ccccc4n3C)CC2=O)cc1. The Kier molecular flexibility index (Phi) is 4.49. The van der Waals surface area contributed by atoms with Crippen molar-refractivity contribution < 1.29 is 4.79 Å². The van der Waals surface area contributed by atoms with Crippen LogP contribution in [0.25, 0.3) is 11.0 Å². The van der Waals surface area contributed by atoms with Gasteiger partial charge >= 0.3 is 0 Å². The van der Waals surface area contributed by atoms with Gasteiger partial charge < -0.3 is 9.47 Å². The normalized spacial score (nSPS) is 17.4. The molecule has 1 amide bonds. The minimum absolute atomic E-state index is 0.139. The van der Waals surface area contributed by atoms with E-state index in [1.165, 1.54) is 18.4 Å². The van der Waals surface area contributed by atoms with E-state index >= 15 is 0 Å². The first-order valence-corrected chi connectivity index (χ1v) is 9.48. The molecule has 134 valence electrons. The monoisotopic (exact) mass is 347 g/mol. The number of anilines is 1. The van der Waals surface area contributed by atoms with Gasteiger partial charge in [-0.25, -0.2) is 4.98 Å². The van der Waals surface area contributed by atoms with Crippen LogP contribution in [0, 0.1) is 0 Å². The zero-order valence-corrected chi connectivity index (χ0v) is 15.5. The van der Waals surface area contributed by atoms with Gasteiger partial charge in [0, 0.05) is 31.6 Å². The van der Waals surface area contributed by atoms with Gasteiger partial charge in [0.1, 0.15) is 5.82 Å². The summed E-state index contributed by atoms with van der Waals surface area (Å²) in [5, 5.41) is 0. The standard InChI is InChI=1S/C22H25N3O/c1-3-4-7-16-10-12-18(13-11-16)25-15-17(14-21(25)26)22-23-19-8-5-6-9-20(19)24(22)2/h5-6,8-13,17H,3-4,7,14-15H2,1-2H3. The number of carbonyl (C=O) groups excluding carboxylic acids is 1. The number of rotatable bonds is 5. The molecule has 0 radical (unpaired) electrons. The lowest BCUT2D eigenvalue weighted by Gasteiger charge is -2.17. The molecule has 26 heavy (non-hydrogen) atoms. The zero-order chi connectivity index (χ0) is 18.1. The number of imidazole rings is 1. The Labute approximate surface area is 154 Å². The summed E-state index contributed by atoms with van der Waals surface area (Å²) < 4.78 is 2.13. The number of benzene rings is 2. The molecule has 4 nitrogen and oxygen atoms in total. The number of carbonyl (C=O) groups is 1. The molecule has 4 heteroatoms. The third-order valence-electron chi connectivity index (χ3n) is 5.38. The largest absolute Gasteiger partial charge is 0.331 e. The maximum Gasteiger partial charge on any atom is 0.227 e. The molecule has 1 fully saturated rings. The molecule has 4 rings (SSSR count). The van der Waals surface area contributed by atoms with Crippen LogP contribution in [0.4, 0.5) is 5.69 Å². The average Bonchev–Trinajstić information content (AvgIpc) is 3.21. The molecule has 1 aliphatic heterocycles. The first-order chi connectivity index (χ1) is 12.7. The van der Waals surface area contributed by atoms with Crippen molar-refractivity contribution in [2.45, 2.75) is 38.5 Å². The quantitative estimate of drug-likeness (QED) is 0.684. The van der Waals surface area contributed by atoms with Gasteiger partial charge in [-0.05, 0) is 42.7 Å². The molecule has 2 heterocycles. The number of hydrogen-bond acceptors (Lipinski definition) is 2. The molecule has 0 aliphatic carbocycles. The maximum atomic E-state index is 12.6. The third-order valence-corrected chi connectivity index (χ3v) is 5.38. The lowest BCUT2D eigenvalue weighted by molar-refractivity contribution is -0.117. The highest BCUT2D eigenvalue weighted by Crippen LogP contribution is 2.32. The minimum atomic E-state index is 0.139. The topological polar surface area (TPSA) is 38.1 Å². The van der Waals surface area contributed by atoms with Crippen molar-refractivity contribution in [3.8, 4) is 0 Å². The van der Waals surface area contributed by atoms with Gasteiger partial charge in [-0.1, -0.05) is 37.6 Å². The van der Waals surface area contributed by atoms with Gasteiger partial charge in [-0.3, -0.25) is 4.79 Å². The summed E-state index contributed by atoms with van der Waals surface area (Å²) in [5.74, 6) is 1.32. The summed E-state index contributed by atoms with van der Waals surface area (Å²) in [7, 11) is 2.04. The van der Waals surface area contributed by atoms with Crippen LogP contribution in [-0.2, 0) is 18.3 Å². The summed E-state index contributed by atoms with van der Waals surface area (Å²) in [6.45, 7) is 2.91. The second-order valence-corrected chi connectivity index (χ2v) is 7.19. The van der Waals surface area contributed by atoms with Gasteiger partial charge in [0.05, 0.1) is 11.0 Å². The summed E-state index contributed by atoms with van der Waals surface area (Å²) in [6, 6.07) is 16.6. The van der Waals surface area contributed by atoms with Crippen LogP contribution in [0.5, 0.6) is 0 Å². The van der Waals surface area contributed by atoms with Crippen LogP contribution in [-0.4, -0.2) is 22.0 Å².